The van der Waals surface area contributed by atoms with Crippen LogP contribution in [0.4, 0.5) is 14.9 Å². The summed E-state index contributed by atoms with van der Waals surface area (Å²) in [5.41, 5.74) is 1.12. The molecule has 0 bridgehead atoms. The lowest BCUT2D eigenvalue weighted by atomic mass is 9.93. The number of rotatable bonds is 8. The lowest BCUT2D eigenvalue weighted by Crippen LogP contribution is -2.47. The van der Waals surface area contributed by atoms with Gasteiger partial charge in [0, 0.05) is 11.7 Å². The van der Waals surface area contributed by atoms with Crippen LogP contribution in [0.2, 0.25) is 0 Å². The van der Waals surface area contributed by atoms with Crippen LogP contribution in [-0.4, -0.2) is 43.9 Å². The van der Waals surface area contributed by atoms with Crippen molar-refractivity contribution in [2.24, 2.45) is 0 Å². The van der Waals surface area contributed by atoms with Gasteiger partial charge >= 0.3 is 17.7 Å². The minimum atomic E-state index is -0.944. The van der Waals surface area contributed by atoms with Gasteiger partial charge in [-0.15, -0.1) is 4.68 Å². The zero-order chi connectivity index (χ0) is 30.5. The number of para-hydroxylation sites is 1. The van der Waals surface area contributed by atoms with E-state index in [0.717, 1.165) is 35.1 Å². The Kier molecular flexibility index (Phi) is 8.98. The van der Waals surface area contributed by atoms with E-state index in [2.05, 4.69) is 10.4 Å². The maximum Gasteiger partial charge on any atom is 0.377 e. The number of ether oxygens (including phenoxy) is 2. The highest BCUT2D eigenvalue weighted by Gasteiger charge is 2.33. The van der Waals surface area contributed by atoms with Gasteiger partial charge in [0.1, 0.15) is 18.0 Å². The van der Waals surface area contributed by atoms with Crippen molar-refractivity contribution in [1.82, 2.24) is 19.8 Å². The zero-order valence-electron chi connectivity index (χ0n) is 24.4. The summed E-state index contributed by atoms with van der Waals surface area (Å²) in [5, 5.41) is 7.71. The van der Waals surface area contributed by atoms with Crippen molar-refractivity contribution < 1.29 is 23.5 Å². The number of hydrogen-bond acceptors (Lipinski definition) is 7. The fourth-order valence-corrected chi connectivity index (χ4v) is 5.26. The topological polar surface area (TPSA) is 109 Å². The second-order valence-electron chi connectivity index (χ2n) is 10.8. The van der Waals surface area contributed by atoms with E-state index in [4.69, 9.17) is 9.47 Å². The molecule has 1 aromatic heterocycles. The number of carbonyl (C=O) groups excluding carboxylic acids is 2. The van der Waals surface area contributed by atoms with Crippen LogP contribution < -0.4 is 15.3 Å². The second-order valence-corrected chi connectivity index (χ2v) is 10.8. The molecule has 1 heterocycles. The van der Waals surface area contributed by atoms with Crippen molar-refractivity contribution in [2.45, 2.75) is 71.6 Å². The summed E-state index contributed by atoms with van der Waals surface area (Å²) in [7, 11) is 0. The van der Waals surface area contributed by atoms with E-state index in [1.807, 2.05) is 37.3 Å². The van der Waals surface area contributed by atoms with Gasteiger partial charge in [0.05, 0.1) is 11.7 Å². The second kappa shape index (κ2) is 13.0. The lowest BCUT2D eigenvalue weighted by Gasteiger charge is -2.34. The molecule has 11 heteroatoms. The Morgan fingerprint density at radius 2 is 1.74 bits per heavy atom. The van der Waals surface area contributed by atoms with E-state index in [-0.39, 0.29) is 35.8 Å². The zero-order valence-corrected chi connectivity index (χ0v) is 24.4. The van der Waals surface area contributed by atoms with E-state index in [0.29, 0.717) is 23.2 Å². The third-order valence-electron chi connectivity index (χ3n) is 7.35. The molecule has 0 N–H and O–H groups in total. The van der Waals surface area contributed by atoms with Crippen LogP contribution in [0.25, 0.3) is 5.69 Å². The van der Waals surface area contributed by atoms with Gasteiger partial charge in [-0.25, -0.2) is 18.8 Å². The largest absolute Gasteiger partial charge is 0.489 e. The molecule has 3 aromatic carbocycles. The number of nitrogens with zero attached hydrogens (tertiary/aromatic N) is 5. The van der Waals surface area contributed by atoms with Crippen molar-refractivity contribution in [3.05, 3.63) is 99.7 Å². The average molecular weight is 588 g/mol. The van der Waals surface area contributed by atoms with Crippen molar-refractivity contribution in [1.29, 1.82) is 0 Å². The number of benzene rings is 3. The number of halogens is 1. The molecule has 1 amide bonds. The normalized spacial score (nSPS) is 13.6. The third kappa shape index (κ3) is 6.50. The van der Waals surface area contributed by atoms with Crippen molar-refractivity contribution in [2.75, 3.05) is 4.90 Å². The van der Waals surface area contributed by atoms with Crippen LogP contribution in [0.3, 0.4) is 0 Å². The standard InChI is InChI=1S/C32H34FN5O5/c1-21(2)43-28-16-10-15-26(33)29(28)37-32(41)38(35-34-37)31(40)36(25-13-8-5-9-14-25)27-19-24(18-17-22(27)3)30(39)42-20-23-11-6-4-7-12-23/h4,6-7,10-12,15-19,21,25H,5,8-9,13-14,20H2,1-3H3. The predicted octanol–water partition coefficient (Wildman–Crippen LogP) is 5.83. The Labute approximate surface area is 248 Å². The van der Waals surface area contributed by atoms with Crippen LogP contribution in [0.5, 0.6) is 5.75 Å². The van der Waals surface area contributed by atoms with Crippen molar-refractivity contribution in [3.63, 3.8) is 0 Å². The number of hydrogen-bond donors (Lipinski definition) is 0. The van der Waals surface area contributed by atoms with Gasteiger partial charge in [0.25, 0.3) is 0 Å². The molecule has 0 radical (unpaired) electrons. The fraction of sp³-hybridized carbons (Fsp3) is 0.344. The van der Waals surface area contributed by atoms with E-state index in [1.54, 1.807) is 32.0 Å². The van der Waals surface area contributed by atoms with Crippen LogP contribution in [0.1, 0.15) is 67.4 Å². The van der Waals surface area contributed by atoms with E-state index in [1.165, 1.54) is 23.1 Å². The molecule has 0 saturated heterocycles. The molecule has 1 fully saturated rings. The van der Waals surface area contributed by atoms with Gasteiger partial charge in [-0.3, -0.25) is 4.90 Å². The van der Waals surface area contributed by atoms with Crippen LogP contribution in [0.15, 0.2) is 71.5 Å². The molecule has 5 rings (SSSR count). The number of esters is 1. The van der Waals surface area contributed by atoms with Gasteiger partial charge in [-0.1, -0.05) is 61.7 Å². The Balaban J connectivity index is 1.51. The Hall–Kier alpha value is -4.80. The molecule has 0 spiro atoms. The van der Waals surface area contributed by atoms with Gasteiger partial charge in [-0.2, -0.15) is 4.68 Å². The Morgan fingerprint density at radius 3 is 2.47 bits per heavy atom. The predicted molar refractivity (Wildman–Crippen MR) is 158 cm³/mol. The first-order valence-corrected chi connectivity index (χ1v) is 14.4. The van der Waals surface area contributed by atoms with Crippen LogP contribution >= 0.6 is 0 Å². The third-order valence-corrected chi connectivity index (χ3v) is 7.35. The molecule has 224 valence electrons. The summed E-state index contributed by atoms with van der Waals surface area (Å²) in [4.78, 5) is 42.2. The first kappa shape index (κ1) is 29.7. The maximum atomic E-state index is 15.0. The number of amides is 1. The molecule has 0 aliphatic heterocycles. The van der Waals surface area contributed by atoms with E-state index >= 15 is 0 Å². The average Bonchev–Trinajstić information content (AvgIpc) is 3.38. The van der Waals surface area contributed by atoms with Gasteiger partial charge < -0.3 is 9.47 Å². The molecular formula is C32H34FN5O5. The lowest BCUT2D eigenvalue weighted by molar-refractivity contribution is 0.0472. The summed E-state index contributed by atoms with van der Waals surface area (Å²) in [6, 6.07) is 17.5. The number of tetrazole rings is 1. The minimum Gasteiger partial charge on any atom is -0.489 e. The summed E-state index contributed by atoms with van der Waals surface area (Å²) in [5.74, 6) is -1.19. The Bertz CT molecular complexity index is 1660. The summed E-state index contributed by atoms with van der Waals surface area (Å²) in [6.07, 6.45) is 3.94. The first-order valence-electron chi connectivity index (χ1n) is 14.4. The summed E-state index contributed by atoms with van der Waals surface area (Å²) >= 11 is 0. The smallest absolute Gasteiger partial charge is 0.377 e. The monoisotopic (exact) mass is 587 g/mol. The molecule has 0 unspecified atom stereocenters. The highest BCUT2D eigenvalue weighted by Crippen LogP contribution is 2.31. The van der Waals surface area contributed by atoms with Crippen LogP contribution in [0, 0.1) is 12.7 Å². The van der Waals surface area contributed by atoms with Gasteiger partial charge in [-0.05, 0) is 79.4 Å². The minimum absolute atomic E-state index is 0.0956. The summed E-state index contributed by atoms with van der Waals surface area (Å²) in [6.45, 7) is 5.47. The Morgan fingerprint density at radius 1 is 1.00 bits per heavy atom. The molecule has 1 saturated carbocycles. The fourth-order valence-electron chi connectivity index (χ4n) is 5.26. The molecular weight excluding hydrogens is 553 g/mol. The van der Waals surface area contributed by atoms with E-state index < -0.39 is 23.5 Å². The SMILES string of the molecule is Cc1ccc(C(=O)OCc2ccccc2)cc1N(C(=O)n1nnn(-c2c(F)cccc2OC(C)C)c1=O)C1CCCCC1. The molecule has 10 nitrogen and oxygen atoms in total. The van der Waals surface area contributed by atoms with Gasteiger partial charge in [0.15, 0.2) is 5.82 Å². The number of carbonyl (C=O) groups is 2. The number of aryl methyl sites for hydroxylation is 1. The summed E-state index contributed by atoms with van der Waals surface area (Å²) < 4.78 is 27.6. The highest BCUT2D eigenvalue weighted by atomic mass is 19.1. The van der Waals surface area contributed by atoms with Crippen LogP contribution in [-0.2, 0) is 11.3 Å². The first-order chi connectivity index (χ1) is 20.7. The molecule has 4 aromatic rings. The van der Waals surface area contributed by atoms with E-state index in [9.17, 15) is 18.8 Å². The van der Waals surface area contributed by atoms with Crippen molar-refractivity contribution in [3.8, 4) is 11.4 Å². The quantitative estimate of drug-likeness (QED) is 0.189. The van der Waals surface area contributed by atoms with Gasteiger partial charge in [0.2, 0.25) is 0 Å². The number of aromatic nitrogens is 4. The molecule has 0 atom stereocenters. The van der Waals surface area contributed by atoms with Crippen molar-refractivity contribution >= 4 is 17.7 Å². The molecule has 1 aliphatic carbocycles. The highest BCUT2D eigenvalue weighted by molar-refractivity contribution is 5.97. The molecule has 43 heavy (non-hydrogen) atoms. The maximum absolute atomic E-state index is 15.0. The molecule has 1 aliphatic rings. The number of anilines is 1.